The van der Waals surface area contributed by atoms with Crippen LogP contribution in [0, 0.1) is 13.8 Å². The molecule has 0 spiro atoms. The Hall–Kier alpha value is -2.36. The van der Waals surface area contributed by atoms with E-state index < -0.39 is 0 Å². The van der Waals surface area contributed by atoms with Crippen molar-refractivity contribution in [3.63, 3.8) is 0 Å². The Morgan fingerprint density at radius 2 is 2.00 bits per heavy atom. The number of fused-ring (bicyclic) bond motifs is 1. The molecule has 4 heteroatoms. The van der Waals surface area contributed by atoms with Crippen LogP contribution in [-0.2, 0) is 13.6 Å². The monoisotopic (exact) mass is 266 g/mol. The number of aromatic nitrogens is 3. The number of hydrogen-bond acceptors (Lipinski definition) is 3. The molecule has 0 saturated carbocycles. The topological polar surface area (TPSA) is 42.7 Å². The smallest absolute Gasteiger partial charge is 0.157 e. The van der Waals surface area contributed by atoms with Gasteiger partial charge in [-0.25, -0.2) is 4.98 Å². The molecule has 0 aliphatic heterocycles. The summed E-state index contributed by atoms with van der Waals surface area (Å²) in [5, 5.41) is 8.97. The van der Waals surface area contributed by atoms with Gasteiger partial charge in [-0.05, 0) is 37.1 Å². The molecule has 102 valence electrons. The van der Waals surface area contributed by atoms with Crippen LogP contribution in [0.25, 0.3) is 11.0 Å². The lowest BCUT2D eigenvalue weighted by Crippen LogP contribution is -2.01. The highest BCUT2D eigenvalue weighted by atomic mass is 15.3. The van der Waals surface area contributed by atoms with Crippen molar-refractivity contribution in [2.24, 2.45) is 7.05 Å². The average Bonchev–Trinajstić information content (AvgIpc) is 2.73. The molecule has 0 amide bonds. The molecule has 3 aromatic rings. The van der Waals surface area contributed by atoms with E-state index in [9.17, 15) is 0 Å². The lowest BCUT2D eigenvalue weighted by atomic mass is 10.1. The summed E-state index contributed by atoms with van der Waals surface area (Å²) in [6, 6.07) is 10.5. The summed E-state index contributed by atoms with van der Waals surface area (Å²) >= 11 is 0. The summed E-state index contributed by atoms with van der Waals surface area (Å²) in [5.74, 6) is 0. The standard InChI is InChI=1S/C16H18N4/c1-11-6-4-5-7-15(11)17-9-13-8-14-12(2)19-20(3)16(14)18-10-13/h4-8,10,17H,9H2,1-3H3. The van der Waals surface area contributed by atoms with Gasteiger partial charge in [0.1, 0.15) is 0 Å². The molecule has 1 N–H and O–H groups in total. The van der Waals surface area contributed by atoms with Gasteiger partial charge in [0.2, 0.25) is 0 Å². The largest absolute Gasteiger partial charge is 0.381 e. The first-order valence-corrected chi connectivity index (χ1v) is 6.73. The molecule has 0 fully saturated rings. The summed E-state index contributed by atoms with van der Waals surface area (Å²) in [4.78, 5) is 4.50. The van der Waals surface area contributed by atoms with Crippen molar-refractivity contribution < 1.29 is 0 Å². The molecule has 0 aliphatic rings. The highest BCUT2D eigenvalue weighted by Crippen LogP contribution is 2.18. The van der Waals surface area contributed by atoms with Gasteiger partial charge in [-0.1, -0.05) is 18.2 Å². The second kappa shape index (κ2) is 4.96. The van der Waals surface area contributed by atoms with E-state index in [0.29, 0.717) is 0 Å². The molecule has 0 radical (unpaired) electrons. The number of para-hydroxylation sites is 1. The zero-order valence-electron chi connectivity index (χ0n) is 12.0. The fourth-order valence-corrected chi connectivity index (χ4v) is 2.42. The van der Waals surface area contributed by atoms with Gasteiger partial charge >= 0.3 is 0 Å². The maximum atomic E-state index is 4.50. The van der Waals surface area contributed by atoms with Crippen molar-refractivity contribution >= 4 is 16.7 Å². The second-order valence-electron chi connectivity index (χ2n) is 5.09. The van der Waals surface area contributed by atoms with Crippen LogP contribution in [0.1, 0.15) is 16.8 Å². The molecular formula is C16H18N4. The molecule has 20 heavy (non-hydrogen) atoms. The van der Waals surface area contributed by atoms with Crippen molar-refractivity contribution in [1.82, 2.24) is 14.8 Å². The van der Waals surface area contributed by atoms with Crippen LogP contribution < -0.4 is 5.32 Å². The summed E-state index contributed by atoms with van der Waals surface area (Å²) < 4.78 is 1.82. The van der Waals surface area contributed by atoms with Crippen LogP contribution in [0.4, 0.5) is 5.69 Å². The number of anilines is 1. The first-order valence-electron chi connectivity index (χ1n) is 6.73. The number of rotatable bonds is 3. The molecule has 0 bridgehead atoms. The number of benzene rings is 1. The fraction of sp³-hybridized carbons (Fsp3) is 0.250. The SMILES string of the molecule is Cc1ccccc1NCc1cnc2c(c1)c(C)nn2C. The second-order valence-corrected chi connectivity index (χ2v) is 5.09. The molecule has 0 aliphatic carbocycles. The molecular weight excluding hydrogens is 248 g/mol. The Morgan fingerprint density at radius 1 is 1.20 bits per heavy atom. The third-order valence-corrected chi connectivity index (χ3v) is 3.55. The maximum absolute atomic E-state index is 4.50. The molecule has 4 nitrogen and oxygen atoms in total. The number of hydrogen-bond donors (Lipinski definition) is 1. The Morgan fingerprint density at radius 3 is 2.80 bits per heavy atom. The van der Waals surface area contributed by atoms with E-state index in [0.717, 1.165) is 34.5 Å². The molecule has 0 atom stereocenters. The molecule has 2 heterocycles. The van der Waals surface area contributed by atoms with E-state index in [1.807, 2.05) is 37.0 Å². The van der Waals surface area contributed by atoms with Gasteiger partial charge in [-0.3, -0.25) is 4.68 Å². The van der Waals surface area contributed by atoms with Crippen LogP contribution in [0.15, 0.2) is 36.5 Å². The van der Waals surface area contributed by atoms with E-state index in [1.165, 1.54) is 5.56 Å². The van der Waals surface area contributed by atoms with Crippen molar-refractivity contribution in [2.45, 2.75) is 20.4 Å². The zero-order chi connectivity index (χ0) is 14.1. The van der Waals surface area contributed by atoms with Gasteiger partial charge in [-0.15, -0.1) is 0 Å². The summed E-state index contributed by atoms with van der Waals surface area (Å²) in [6.07, 6.45) is 1.91. The van der Waals surface area contributed by atoms with Crippen LogP contribution >= 0.6 is 0 Å². The van der Waals surface area contributed by atoms with Gasteiger partial charge in [0.05, 0.1) is 5.69 Å². The Kier molecular flexibility index (Phi) is 3.14. The Labute approximate surface area is 118 Å². The maximum Gasteiger partial charge on any atom is 0.157 e. The summed E-state index contributed by atoms with van der Waals surface area (Å²) in [6.45, 7) is 4.89. The van der Waals surface area contributed by atoms with Gasteiger partial charge in [0, 0.05) is 30.9 Å². The van der Waals surface area contributed by atoms with Crippen molar-refractivity contribution in [1.29, 1.82) is 0 Å². The highest BCUT2D eigenvalue weighted by molar-refractivity contribution is 5.78. The van der Waals surface area contributed by atoms with Gasteiger partial charge in [-0.2, -0.15) is 5.10 Å². The predicted molar refractivity (Wildman–Crippen MR) is 81.8 cm³/mol. The number of nitrogens with zero attached hydrogens (tertiary/aromatic N) is 3. The molecule has 3 rings (SSSR count). The van der Waals surface area contributed by atoms with Gasteiger partial charge < -0.3 is 5.32 Å². The van der Waals surface area contributed by atoms with E-state index in [2.05, 4.69) is 40.5 Å². The van der Waals surface area contributed by atoms with Crippen LogP contribution in [-0.4, -0.2) is 14.8 Å². The highest BCUT2D eigenvalue weighted by Gasteiger charge is 2.07. The summed E-state index contributed by atoms with van der Waals surface area (Å²) in [7, 11) is 1.92. The first-order chi connectivity index (χ1) is 9.65. The summed E-state index contributed by atoms with van der Waals surface area (Å²) in [5.41, 5.74) is 5.53. The molecule has 0 unspecified atom stereocenters. The zero-order valence-corrected chi connectivity index (χ0v) is 12.0. The van der Waals surface area contributed by atoms with Crippen LogP contribution in [0.2, 0.25) is 0 Å². The minimum atomic E-state index is 0.766. The van der Waals surface area contributed by atoms with E-state index in [4.69, 9.17) is 0 Å². The van der Waals surface area contributed by atoms with E-state index in [1.54, 1.807) is 0 Å². The van der Waals surface area contributed by atoms with Gasteiger partial charge in [0.15, 0.2) is 5.65 Å². The number of aryl methyl sites for hydroxylation is 3. The average molecular weight is 266 g/mol. The number of nitrogens with one attached hydrogen (secondary N) is 1. The first kappa shape index (κ1) is 12.7. The Balaban J connectivity index is 1.85. The minimum Gasteiger partial charge on any atom is -0.381 e. The number of pyridine rings is 1. The quantitative estimate of drug-likeness (QED) is 0.791. The van der Waals surface area contributed by atoms with E-state index >= 15 is 0 Å². The lowest BCUT2D eigenvalue weighted by molar-refractivity contribution is 0.773. The minimum absolute atomic E-state index is 0.766. The lowest BCUT2D eigenvalue weighted by Gasteiger charge is -2.09. The predicted octanol–water partition coefficient (Wildman–Crippen LogP) is 3.20. The van der Waals surface area contributed by atoms with Crippen molar-refractivity contribution in [3.8, 4) is 0 Å². The Bertz CT molecular complexity index is 758. The molecule has 1 aromatic carbocycles. The van der Waals surface area contributed by atoms with Crippen LogP contribution in [0.5, 0.6) is 0 Å². The van der Waals surface area contributed by atoms with Crippen molar-refractivity contribution in [2.75, 3.05) is 5.32 Å². The normalized spacial score (nSPS) is 10.9. The third kappa shape index (κ3) is 2.25. The third-order valence-electron chi connectivity index (χ3n) is 3.55. The molecule has 0 saturated heterocycles. The fourth-order valence-electron chi connectivity index (χ4n) is 2.42. The van der Waals surface area contributed by atoms with E-state index in [-0.39, 0.29) is 0 Å². The van der Waals surface area contributed by atoms with Gasteiger partial charge in [0.25, 0.3) is 0 Å². The van der Waals surface area contributed by atoms with Crippen molar-refractivity contribution in [3.05, 3.63) is 53.3 Å². The van der Waals surface area contributed by atoms with Crippen LogP contribution in [0.3, 0.4) is 0 Å². The molecule has 2 aromatic heterocycles.